The second kappa shape index (κ2) is 6.59. The minimum atomic E-state index is -3.49. The van der Waals surface area contributed by atoms with E-state index in [2.05, 4.69) is 20.0 Å². The van der Waals surface area contributed by atoms with Crippen molar-refractivity contribution in [3.63, 3.8) is 0 Å². The van der Waals surface area contributed by atoms with Crippen molar-refractivity contribution in [1.82, 2.24) is 20.0 Å². The number of aromatic nitrogens is 2. The third-order valence-corrected chi connectivity index (χ3v) is 6.02. The molecule has 0 aliphatic carbocycles. The number of rotatable bonds is 4. The van der Waals surface area contributed by atoms with E-state index >= 15 is 0 Å². The van der Waals surface area contributed by atoms with Gasteiger partial charge in [-0.3, -0.25) is 0 Å². The average Bonchev–Trinajstić information content (AvgIpc) is 3.06. The first-order chi connectivity index (χ1) is 12.1. The first-order valence-corrected chi connectivity index (χ1v) is 9.88. The van der Waals surface area contributed by atoms with Crippen LogP contribution in [0.2, 0.25) is 0 Å². The Kier molecular flexibility index (Phi) is 4.29. The van der Waals surface area contributed by atoms with Crippen molar-refractivity contribution in [3.05, 3.63) is 48.5 Å². The van der Waals surface area contributed by atoms with Crippen molar-refractivity contribution >= 4 is 21.1 Å². The number of H-pyrrole nitrogens is 1. The Balaban J connectivity index is 1.56. The smallest absolute Gasteiger partial charge is 0.240 e. The Morgan fingerprint density at radius 1 is 1.00 bits per heavy atom. The van der Waals surface area contributed by atoms with Crippen molar-refractivity contribution < 1.29 is 8.42 Å². The highest BCUT2D eigenvalue weighted by Crippen LogP contribution is 2.22. The Morgan fingerprint density at radius 2 is 1.72 bits per heavy atom. The molecule has 0 atom stereocenters. The number of hydrogen-bond acceptors (Lipinski definition) is 4. The molecule has 3 aromatic rings. The third kappa shape index (κ3) is 3.44. The Bertz CT molecular complexity index is 941. The number of fused-ring (bicyclic) bond motifs is 1. The van der Waals surface area contributed by atoms with Gasteiger partial charge in [-0.2, -0.15) is 0 Å². The number of nitrogens with zero attached hydrogens (tertiary/aromatic N) is 1. The van der Waals surface area contributed by atoms with Gasteiger partial charge in [0.25, 0.3) is 0 Å². The quantitative estimate of drug-likeness (QED) is 0.669. The molecule has 0 spiro atoms. The van der Waals surface area contributed by atoms with Crippen LogP contribution in [0, 0.1) is 0 Å². The van der Waals surface area contributed by atoms with Crippen LogP contribution in [-0.4, -0.2) is 37.5 Å². The van der Waals surface area contributed by atoms with E-state index in [-0.39, 0.29) is 10.9 Å². The number of sulfonamides is 1. The van der Waals surface area contributed by atoms with Gasteiger partial charge in [0.2, 0.25) is 10.0 Å². The summed E-state index contributed by atoms with van der Waals surface area (Å²) in [6.45, 7) is 1.69. The minimum absolute atomic E-state index is 0.00120. The zero-order valence-corrected chi connectivity index (χ0v) is 14.5. The number of benzene rings is 2. The molecule has 4 rings (SSSR count). The molecular formula is C18H20N4O2S. The van der Waals surface area contributed by atoms with Gasteiger partial charge in [-0.05, 0) is 62.3 Å². The average molecular weight is 356 g/mol. The molecule has 1 aliphatic rings. The maximum absolute atomic E-state index is 12.5. The lowest BCUT2D eigenvalue weighted by molar-refractivity contribution is 0.427. The van der Waals surface area contributed by atoms with E-state index in [1.54, 1.807) is 24.3 Å². The minimum Gasteiger partial charge on any atom is -0.338 e. The fourth-order valence-corrected chi connectivity index (χ4v) is 4.41. The highest BCUT2D eigenvalue weighted by molar-refractivity contribution is 7.89. The second-order valence-corrected chi connectivity index (χ2v) is 7.99. The molecule has 0 radical (unpaired) electrons. The van der Waals surface area contributed by atoms with Gasteiger partial charge in [0.05, 0.1) is 15.9 Å². The van der Waals surface area contributed by atoms with Gasteiger partial charge in [-0.1, -0.05) is 12.1 Å². The zero-order valence-electron chi connectivity index (χ0n) is 13.7. The number of imidazole rings is 1. The van der Waals surface area contributed by atoms with Crippen LogP contribution in [0.5, 0.6) is 0 Å². The van der Waals surface area contributed by atoms with Gasteiger partial charge in [0.15, 0.2) is 0 Å². The standard InChI is InChI=1S/C18H20N4O2S/c23-25(24,22-14-9-11-19-12-10-14)15-7-5-13(6-8-15)18-20-16-3-1-2-4-17(16)21-18/h1-8,14,19,22H,9-12H2,(H,20,21). The monoisotopic (exact) mass is 356 g/mol. The zero-order chi connectivity index (χ0) is 17.3. The molecule has 2 aromatic carbocycles. The fraction of sp³-hybridized carbons (Fsp3) is 0.278. The number of aromatic amines is 1. The third-order valence-electron chi connectivity index (χ3n) is 4.49. The van der Waals surface area contributed by atoms with Gasteiger partial charge in [0, 0.05) is 11.6 Å². The first kappa shape index (κ1) is 16.3. The Labute approximate surface area is 146 Å². The molecule has 1 fully saturated rings. The molecule has 25 heavy (non-hydrogen) atoms. The lowest BCUT2D eigenvalue weighted by Gasteiger charge is -2.23. The molecule has 130 valence electrons. The number of para-hydroxylation sites is 2. The Morgan fingerprint density at radius 3 is 2.44 bits per heavy atom. The molecule has 0 amide bonds. The van der Waals surface area contributed by atoms with Crippen LogP contribution < -0.4 is 10.0 Å². The molecule has 1 aromatic heterocycles. The van der Waals surface area contributed by atoms with Gasteiger partial charge in [0.1, 0.15) is 5.82 Å². The molecule has 1 saturated heterocycles. The van der Waals surface area contributed by atoms with Crippen LogP contribution in [0.1, 0.15) is 12.8 Å². The van der Waals surface area contributed by atoms with Crippen LogP contribution in [0.15, 0.2) is 53.4 Å². The molecule has 2 heterocycles. The highest BCUT2D eigenvalue weighted by atomic mass is 32.2. The summed E-state index contributed by atoms with van der Waals surface area (Å²) in [4.78, 5) is 8.08. The molecule has 1 aliphatic heterocycles. The van der Waals surface area contributed by atoms with Crippen LogP contribution in [0.4, 0.5) is 0 Å². The molecule has 0 bridgehead atoms. The lowest BCUT2D eigenvalue weighted by atomic mass is 10.1. The summed E-state index contributed by atoms with van der Waals surface area (Å²) in [5.41, 5.74) is 2.71. The predicted octanol–water partition coefficient (Wildman–Crippen LogP) is 2.26. The lowest BCUT2D eigenvalue weighted by Crippen LogP contribution is -2.42. The fourth-order valence-electron chi connectivity index (χ4n) is 3.11. The van der Waals surface area contributed by atoms with E-state index < -0.39 is 10.0 Å². The van der Waals surface area contributed by atoms with E-state index in [1.165, 1.54) is 0 Å². The molecule has 3 N–H and O–H groups in total. The van der Waals surface area contributed by atoms with Crippen LogP contribution >= 0.6 is 0 Å². The normalized spacial score (nSPS) is 16.3. The van der Waals surface area contributed by atoms with Crippen molar-refractivity contribution in [2.75, 3.05) is 13.1 Å². The summed E-state index contributed by atoms with van der Waals surface area (Å²) in [5, 5.41) is 3.23. The summed E-state index contributed by atoms with van der Waals surface area (Å²) in [5.74, 6) is 0.733. The van der Waals surface area contributed by atoms with Crippen molar-refractivity contribution in [2.45, 2.75) is 23.8 Å². The van der Waals surface area contributed by atoms with Crippen molar-refractivity contribution in [2.24, 2.45) is 0 Å². The summed E-state index contributed by atoms with van der Waals surface area (Å²) < 4.78 is 27.9. The van der Waals surface area contributed by atoms with E-state index in [0.29, 0.717) is 0 Å². The van der Waals surface area contributed by atoms with Gasteiger partial charge in [-0.25, -0.2) is 18.1 Å². The van der Waals surface area contributed by atoms with E-state index in [9.17, 15) is 8.42 Å². The van der Waals surface area contributed by atoms with Gasteiger partial charge < -0.3 is 10.3 Å². The molecule has 7 heteroatoms. The van der Waals surface area contributed by atoms with Crippen LogP contribution in [0.25, 0.3) is 22.4 Å². The summed E-state index contributed by atoms with van der Waals surface area (Å²) in [6, 6.07) is 14.6. The number of piperidine rings is 1. The highest BCUT2D eigenvalue weighted by Gasteiger charge is 2.21. The SMILES string of the molecule is O=S(=O)(NC1CCNCC1)c1ccc(-c2nc3ccccc3[nH]2)cc1. The van der Waals surface area contributed by atoms with E-state index in [0.717, 1.165) is 48.4 Å². The van der Waals surface area contributed by atoms with E-state index in [1.807, 2.05) is 24.3 Å². The largest absolute Gasteiger partial charge is 0.338 e. The van der Waals surface area contributed by atoms with Crippen LogP contribution in [-0.2, 0) is 10.0 Å². The summed E-state index contributed by atoms with van der Waals surface area (Å²) in [6.07, 6.45) is 1.63. The number of nitrogens with one attached hydrogen (secondary N) is 3. The predicted molar refractivity (Wildman–Crippen MR) is 97.7 cm³/mol. The molecule has 0 unspecified atom stereocenters. The second-order valence-electron chi connectivity index (χ2n) is 6.27. The number of hydrogen-bond donors (Lipinski definition) is 3. The van der Waals surface area contributed by atoms with Gasteiger partial charge >= 0.3 is 0 Å². The summed E-state index contributed by atoms with van der Waals surface area (Å²) >= 11 is 0. The summed E-state index contributed by atoms with van der Waals surface area (Å²) in [7, 11) is -3.49. The van der Waals surface area contributed by atoms with Crippen molar-refractivity contribution in [1.29, 1.82) is 0 Å². The van der Waals surface area contributed by atoms with Gasteiger partial charge in [-0.15, -0.1) is 0 Å². The van der Waals surface area contributed by atoms with Crippen molar-refractivity contribution in [3.8, 4) is 11.4 Å². The van der Waals surface area contributed by atoms with Crippen LogP contribution in [0.3, 0.4) is 0 Å². The topological polar surface area (TPSA) is 86.9 Å². The maximum atomic E-state index is 12.5. The first-order valence-electron chi connectivity index (χ1n) is 8.40. The molecule has 6 nitrogen and oxygen atoms in total. The molecule has 0 saturated carbocycles. The molecular weight excluding hydrogens is 336 g/mol. The maximum Gasteiger partial charge on any atom is 0.240 e. The van der Waals surface area contributed by atoms with E-state index in [4.69, 9.17) is 0 Å². The Hall–Kier alpha value is -2.22.